The van der Waals surface area contributed by atoms with Gasteiger partial charge in [0, 0.05) is 44.6 Å². The van der Waals surface area contributed by atoms with Crippen molar-refractivity contribution in [3.8, 4) is 28.2 Å². The van der Waals surface area contributed by atoms with Crippen molar-refractivity contribution in [1.29, 1.82) is 0 Å². The Kier molecular flexibility index (Phi) is 8.37. The van der Waals surface area contributed by atoms with Gasteiger partial charge in [0.2, 0.25) is 0 Å². The van der Waals surface area contributed by atoms with E-state index in [1.54, 1.807) is 0 Å². The quantitative estimate of drug-likeness (QED) is 0.163. The van der Waals surface area contributed by atoms with Gasteiger partial charge in [0.1, 0.15) is 5.82 Å². The van der Waals surface area contributed by atoms with Gasteiger partial charge in [0.25, 0.3) is 0 Å². The van der Waals surface area contributed by atoms with Crippen molar-refractivity contribution < 1.29 is 21.1 Å². The van der Waals surface area contributed by atoms with Gasteiger partial charge in [0.05, 0.1) is 0 Å². The fourth-order valence-electron chi connectivity index (χ4n) is 5.44. The topological polar surface area (TPSA) is 24.3 Å². The Balaban J connectivity index is 0.00000323. The predicted octanol–water partition coefficient (Wildman–Crippen LogP) is 7.68. The predicted molar refractivity (Wildman–Crippen MR) is 159 cm³/mol. The number of rotatable bonds is 7. The maximum atomic E-state index is 5.32. The number of aryl methyl sites for hydroxylation is 3. The van der Waals surface area contributed by atoms with E-state index in [1.165, 1.54) is 22.3 Å². The normalized spacial score (nSPS) is 12.6. The first kappa shape index (κ1) is 27.7. The molecule has 0 radical (unpaired) electrons. The molecule has 4 nitrogen and oxygen atoms in total. The zero-order valence-electron chi connectivity index (χ0n) is 22.9. The third-order valence-electron chi connectivity index (χ3n) is 7.10. The average Bonchev–Trinajstić information content (AvgIpc) is 3.58. The van der Waals surface area contributed by atoms with Gasteiger partial charge >= 0.3 is 0 Å². The molecule has 1 aliphatic rings. The molecule has 2 heterocycles. The summed E-state index contributed by atoms with van der Waals surface area (Å²) in [5, 5.41) is 0. The van der Waals surface area contributed by atoms with Crippen LogP contribution in [0.1, 0.15) is 22.5 Å². The van der Waals surface area contributed by atoms with Crippen molar-refractivity contribution in [3.63, 3.8) is 0 Å². The third-order valence-corrected chi connectivity index (χ3v) is 7.10. The van der Waals surface area contributed by atoms with Crippen molar-refractivity contribution >= 4 is 5.69 Å². The van der Waals surface area contributed by atoms with Gasteiger partial charge in [0.15, 0.2) is 0 Å². The molecule has 0 N–H and O–H groups in total. The first-order chi connectivity index (χ1) is 19.1. The van der Waals surface area contributed by atoms with Crippen molar-refractivity contribution in [2.45, 2.75) is 27.2 Å². The van der Waals surface area contributed by atoms with Gasteiger partial charge < -0.3 is 14.4 Å². The Hall–Kier alpha value is -3.88. The second kappa shape index (κ2) is 12.1. The molecule has 0 amide bonds. The minimum atomic E-state index is 0. The molecule has 4 aromatic carbocycles. The standard InChI is InChI=1S/C35H31N4.Pt/c1-26-23-27(2)33(28(3)24-26)35-34(29-13-7-4-8-14-29)36-32(39(35)31-17-11-6-12-18-31)19-20-37-21-22-38(25-37)30-15-9-5-10-16-30;/h4-13,15,17-18,21-25H,19-20H2,1-3H3;/q-3;. The first-order valence-electron chi connectivity index (χ1n) is 13.3. The molecule has 6 rings (SSSR count). The van der Waals surface area contributed by atoms with Gasteiger partial charge in [-0.05, 0) is 68.5 Å². The van der Waals surface area contributed by atoms with Crippen LogP contribution in [0.2, 0.25) is 0 Å². The van der Waals surface area contributed by atoms with Crippen LogP contribution in [0.25, 0.3) is 28.2 Å². The summed E-state index contributed by atoms with van der Waals surface area (Å²) in [7, 11) is 0. The largest absolute Gasteiger partial charge is 0.508 e. The fraction of sp³-hybridized carbons (Fsp3) is 0.143. The second-order valence-corrected chi connectivity index (χ2v) is 10.0. The molecule has 0 saturated carbocycles. The number of hydrogen-bond acceptors (Lipinski definition) is 3. The zero-order chi connectivity index (χ0) is 26.8. The van der Waals surface area contributed by atoms with Crippen LogP contribution in [0.3, 0.4) is 0 Å². The third kappa shape index (κ3) is 5.55. The molecular formula is C35H31N4Pt-3. The van der Waals surface area contributed by atoms with Gasteiger partial charge in [-0.3, -0.25) is 4.98 Å². The van der Waals surface area contributed by atoms with Crippen LogP contribution in [-0.2, 0) is 27.5 Å². The Bertz CT molecular complexity index is 1590. The van der Waals surface area contributed by atoms with Gasteiger partial charge in [-0.15, -0.1) is 41.6 Å². The molecule has 0 fully saturated rings. The van der Waals surface area contributed by atoms with Crippen LogP contribution in [0, 0.1) is 39.6 Å². The van der Waals surface area contributed by atoms with Crippen LogP contribution >= 0.6 is 0 Å². The minimum absolute atomic E-state index is 0. The van der Waals surface area contributed by atoms with Crippen molar-refractivity contribution in [2.75, 3.05) is 11.4 Å². The van der Waals surface area contributed by atoms with E-state index in [0.29, 0.717) is 0 Å². The maximum Gasteiger partial charge on any atom is 0.105 e. The van der Waals surface area contributed by atoms with Gasteiger partial charge in [-0.2, -0.15) is 37.0 Å². The summed E-state index contributed by atoms with van der Waals surface area (Å²) < 4.78 is 2.35. The number of aromatic nitrogens is 2. The van der Waals surface area contributed by atoms with Crippen molar-refractivity contribution in [1.82, 2.24) is 14.5 Å². The molecule has 0 aliphatic carbocycles. The minimum Gasteiger partial charge on any atom is -0.508 e. The maximum absolute atomic E-state index is 5.32. The molecule has 1 aliphatic heterocycles. The number of para-hydroxylation sites is 2. The Labute approximate surface area is 251 Å². The first-order valence-corrected chi connectivity index (χ1v) is 13.3. The van der Waals surface area contributed by atoms with E-state index in [9.17, 15) is 0 Å². The van der Waals surface area contributed by atoms with Crippen LogP contribution < -0.4 is 4.90 Å². The second-order valence-electron chi connectivity index (χ2n) is 10.0. The molecule has 0 spiro atoms. The molecule has 204 valence electrons. The smallest absolute Gasteiger partial charge is 0.105 e. The summed E-state index contributed by atoms with van der Waals surface area (Å²) >= 11 is 0. The number of anilines is 1. The summed E-state index contributed by atoms with van der Waals surface area (Å²) in [6.07, 6.45) is 4.95. The van der Waals surface area contributed by atoms with Gasteiger partial charge in [-0.1, -0.05) is 35.9 Å². The van der Waals surface area contributed by atoms with Crippen LogP contribution in [0.4, 0.5) is 5.69 Å². The van der Waals surface area contributed by atoms with Crippen molar-refractivity contribution in [2.24, 2.45) is 0 Å². The summed E-state index contributed by atoms with van der Waals surface area (Å²) in [4.78, 5) is 9.63. The van der Waals surface area contributed by atoms with Crippen LogP contribution in [0.5, 0.6) is 0 Å². The molecule has 0 bridgehead atoms. The molecule has 1 aromatic heterocycles. The number of imidazole rings is 1. The SMILES string of the molecule is Cc1cc(C)c(-c2c(-c3[c-]cccc3)nc(CCN3C=CN(c4[c-]cccc4)[CH-]3)n2-c2ccccc2)c(C)c1.[Pt]. The number of nitrogens with zero attached hydrogens (tertiary/aromatic N) is 4. The average molecular weight is 703 g/mol. The van der Waals surface area contributed by atoms with E-state index in [0.717, 1.165) is 47.1 Å². The van der Waals surface area contributed by atoms with E-state index < -0.39 is 0 Å². The summed E-state index contributed by atoms with van der Waals surface area (Å²) in [6.45, 7) is 9.48. The Morgan fingerprint density at radius 1 is 0.800 bits per heavy atom. The van der Waals surface area contributed by atoms with E-state index in [-0.39, 0.29) is 21.1 Å². The molecule has 5 aromatic rings. The Morgan fingerprint density at radius 3 is 2.17 bits per heavy atom. The van der Waals surface area contributed by atoms with E-state index >= 15 is 0 Å². The van der Waals surface area contributed by atoms with E-state index in [1.807, 2.05) is 30.3 Å². The van der Waals surface area contributed by atoms with E-state index in [4.69, 9.17) is 4.98 Å². The zero-order valence-corrected chi connectivity index (χ0v) is 25.2. The molecule has 0 saturated heterocycles. The molecular weight excluding hydrogens is 671 g/mol. The molecule has 40 heavy (non-hydrogen) atoms. The fourth-order valence-corrected chi connectivity index (χ4v) is 5.44. The van der Waals surface area contributed by atoms with Crippen LogP contribution in [-0.4, -0.2) is 21.0 Å². The van der Waals surface area contributed by atoms with E-state index in [2.05, 4.69) is 127 Å². The Morgan fingerprint density at radius 2 is 1.50 bits per heavy atom. The van der Waals surface area contributed by atoms with Gasteiger partial charge in [-0.25, -0.2) is 0 Å². The number of benzene rings is 4. The number of hydrogen-bond donors (Lipinski definition) is 0. The molecule has 0 unspecified atom stereocenters. The summed E-state index contributed by atoms with van der Waals surface area (Å²) in [5.41, 5.74) is 10.2. The van der Waals surface area contributed by atoms with Crippen LogP contribution in [0.15, 0.2) is 103 Å². The van der Waals surface area contributed by atoms with Crippen molar-refractivity contribution in [3.05, 3.63) is 145 Å². The summed E-state index contributed by atoms with van der Waals surface area (Å²) in [6, 6.07) is 38.0. The summed E-state index contributed by atoms with van der Waals surface area (Å²) in [5.74, 6) is 1.02. The molecule has 0 atom stereocenters. The molecule has 5 heteroatoms. The monoisotopic (exact) mass is 702 g/mol.